The maximum absolute atomic E-state index is 6.36. The largest absolute Gasteiger partial charge is 0.338 e. The molecule has 0 bridgehead atoms. The van der Waals surface area contributed by atoms with Crippen LogP contribution in [0.15, 0.2) is 54.6 Å². The van der Waals surface area contributed by atoms with Crippen LogP contribution in [-0.2, 0) is 12.8 Å². The number of nitrogens with one attached hydrogen (secondary N) is 1. The third-order valence-electron chi connectivity index (χ3n) is 4.25. The van der Waals surface area contributed by atoms with Gasteiger partial charge in [-0.2, -0.15) is 0 Å². The molecule has 1 N–H and O–H groups in total. The molecular weight excluding hydrogens is 397 g/mol. The Bertz CT molecular complexity index is 1090. The number of anilines is 2. The molecule has 3 nitrogen and oxygen atoms in total. The second kappa shape index (κ2) is 7.85. The maximum atomic E-state index is 6.36. The summed E-state index contributed by atoms with van der Waals surface area (Å²) in [5.74, 6) is 1.53. The Kier molecular flexibility index (Phi) is 5.30. The molecule has 2 aromatic carbocycles. The summed E-state index contributed by atoms with van der Waals surface area (Å²) in [5.41, 5.74) is 1.91. The first kappa shape index (κ1) is 18.2. The van der Waals surface area contributed by atoms with Gasteiger partial charge in [0.15, 0.2) is 0 Å². The zero-order valence-electron chi connectivity index (χ0n) is 14.7. The van der Waals surface area contributed by atoms with Crippen LogP contribution in [-0.4, -0.2) is 9.97 Å². The van der Waals surface area contributed by atoms with Gasteiger partial charge < -0.3 is 5.32 Å². The Hall–Kier alpha value is -2.14. The van der Waals surface area contributed by atoms with Crippen LogP contribution in [0.3, 0.4) is 0 Å². The molecule has 2 heterocycles. The van der Waals surface area contributed by atoms with Crippen LogP contribution in [0, 0.1) is 0 Å². The fourth-order valence-electron chi connectivity index (χ4n) is 2.87. The quantitative estimate of drug-likeness (QED) is 0.386. The molecule has 4 aromatic rings. The van der Waals surface area contributed by atoms with Crippen molar-refractivity contribution < 1.29 is 0 Å². The minimum atomic E-state index is 0.487. The second-order valence-corrected chi connectivity index (χ2v) is 8.06. The van der Waals surface area contributed by atoms with Gasteiger partial charge in [-0.1, -0.05) is 66.5 Å². The summed E-state index contributed by atoms with van der Waals surface area (Å²) in [7, 11) is 0. The Morgan fingerprint density at radius 3 is 2.59 bits per heavy atom. The highest BCUT2D eigenvalue weighted by atomic mass is 35.5. The molecule has 0 spiro atoms. The monoisotopic (exact) mass is 413 g/mol. The van der Waals surface area contributed by atoms with Gasteiger partial charge in [-0.25, -0.2) is 9.97 Å². The molecule has 0 atom stereocenters. The van der Waals surface area contributed by atoms with Gasteiger partial charge in [-0.15, -0.1) is 11.3 Å². The van der Waals surface area contributed by atoms with E-state index in [9.17, 15) is 0 Å². The molecule has 6 heteroatoms. The average Bonchev–Trinajstić information content (AvgIpc) is 3.10. The van der Waals surface area contributed by atoms with Crippen molar-refractivity contribution in [3.05, 3.63) is 80.9 Å². The van der Waals surface area contributed by atoms with Crippen molar-refractivity contribution >= 4 is 56.3 Å². The Labute approximate surface area is 172 Å². The van der Waals surface area contributed by atoms with Crippen LogP contribution >= 0.6 is 34.5 Å². The van der Waals surface area contributed by atoms with E-state index >= 15 is 0 Å². The van der Waals surface area contributed by atoms with E-state index in [1.807, 2.05) is 30.3 Å². The van der Waals surface area contributed by atoms with Crippen molar-refractivity contribution in [2.24, 2.45) is 0 Å². The molecule has 4 rings (SSSR count). The number of aryl methyl sites for hydroxylation is 1. The van der Waals surface area contributed by atoms with E-state index in [2.05, 4.69) is 30.4 Å². The van der Waals surface area contributed by atoms with E-state index in [1.54, 1.807) is 17.4 Å². The van der Waals surface area contributed by atoms with E-state index in [4.69, 9.17) is 33.2 Å². The lowest BCUT2D eigenvalue weighted by molar-refractivity contribution is 1.000. The summed E-state index contributed by atoms with van der Waals surface area (Å²) in [5, 5.41) is 5.36. The molecule has 2 aromatic heterocycles. The average molecular weight is 414 g/mol. The lowest BCUT2D eigenvalue weighted by atomic mass is 10.1. The predicted octanol–water partition coefficient (Wildman–Crippen LogP) is 6.89. The number of nitrogens with zero attached hydrogens (tertiary/aromatic N) is 2. The highest BCUT2D eigenvalue weighted by Crippen LogP contribution is 2.35. The first-order valence-corrected chi connectivity index (χ1v) is 10.3. The van der Waals surface area contributed by atoms with Crippen LogP contribution in [0.25, 0.3) is 10.2 Å². The molecule has 0 aliphatic heterocycles. The zero-order chi connectivity index (χ0) is 18.8. The van der Waals surface area contributed by atoms with Crippen molar-refractivity contribution in [1.29, 1.82) is 0 Å². The molecule has 27 heavy (non-hydrogen) atoms. The topological polar surface area (TPSA) is 37.8 Å². The highest BCUT2D eigenvalue weighted by Gasteiger charge is 2.14. The lowest BCUT2D eigenvalue weighted by Crippen LogP contribution is -2.02. The molecular formula is C21H17Cl2N3S. The summed E-state index contributed by atoms with van der Waals surface area (Å²) in [4.78, 5) is 11.8. The minimum absolute atomic E-state index is 0.487. The SMILES string of the molecule is CCc1cc2c(Nc3cccc(Cl)c3Cl)nc(Cc3ccccc3)nc2s1. The van der Waals surface area contributed by atoms with Gasteiger partial charge in [0, 0.05) is 11.3 Å². The van der Waals surface area contributed by atoms with E-state index in [0.29, 0.717) is 16.5 Å². The number of halogens is 2. The van der Waals surface area contributed by atoms with Crippen molar-refractivity contribution in [3.8, 4) is 0 Å². The predicted molar refractivity (Wildman–Crippen MR) is 116 cm³/mol. The van der Waals surface area contributed by atoms with Crippen molar-refractivity contribution in [2.45, 2.75) is 19.8 Å². The van der Waals surface area contributed by atoms with E-state index < -0.39 is 0 Å². The molecule has 0 amide bonds. The lowest BCUT2D eigenvalue weighted by Gasteiger charge is -2.11. The summed E-state index contributed by atoms with van der Waals surface area (Å²) in [6.07, 6.45) is 1.64. The van der Waals surface area contributed by atoms with E-state index in [0.717, 1.165) is 34.0 Å². The Morgan fingerprint density at radius 2 is 1.81 bits per heavy atom. The number of benzene rings is 2. The first-order chi connectivity index (χ1) is 13.1. The number of hydrogen-bond acceptors (Lipinski definition) is 4. The van der Waals surface area contributed by atoms with Gasteiger partial charge >= 0.3 is 0 Å². The van der Waals surface area contributed by atoms with Crippen molar-refractivity contribution in [1.82, 2.24) is 9.97 Å². The van der Waals surface area contributed by atoms with Crippen LogP contribution in [0.2, 0.25) is 10.0 Å². The fraction of sp³-hybridized carbons (Fsp3) is 0.143. The zero-order valence-corrected chi connectivity index (χ0v) is 17.0. The molecule has 0 aliphatic carbocycles. The molecule has 0 saturated carbocycles. The summed E-state index contributed by atoms with van der Waals surface area (Å²) >= 11 is 14.2. The van der Waals surface area contributed by atoms with Gasteiger partial charge in [0.2, 0.25) is 0 Å². The minimum Gasteiger partial charge on any atom is -0.338 e. The molecule has 0 radical (unpaired) electrons. The Balaban J connectivity index is 1.79. The third-order valence-corrected chi connectivity index (χ3v) is 6.24. The van der Waals surface area contributed by atoms with Crippen LogP contribution < -0.4 is 5.32 Å². The normalized spacial score (nSPS) is 11.1. The van der Waals surface area contributed by atoms with Gasteiger partial charge in [-0.3, -0.25) is 0 Å². The molecule has 0 fully saturated rings. The molecule has 136 valence electrons. The van der Waals surface area contributed by atoms with E-state index in [1.165, 1.54) is 10.4 Å². The first-order valence-electron chi connectivity index (χ1n) is 8.68. The maximum Gasteiger partial charge on any atom is 0.142 e. The molecule has 0 saturated heterocycles. The molecule has 0 aliphatic rings. The Morgan fingerprint density at radius 1 is 1.00 bits per heavy atom. The van der Waals surface area contributed by atoms with Gasteiger partial charge in [0.1, 0.15) is 16.5 Å². The smallest absolute Gasteiger partial charge is 0.142 e. The number of hydrogen-bond donors (Lipinski definition) is 1. The summed E-state index contributed by atoms with van der Waals surface area (Å²) < 4.78 is 0. The van der Waals surface area contributed by atoms with Gasteiger partial charge in [0.25, 0.3) is 0 Å². The van der Waals surface area contributed by atoms with Crippen molar-refractivity contribution in [2.75, 3.05) is 5.32 Å². The second-order valence-electron chi connectivity index (χ2n) is 6.16. The number of fused-ring (bicyclic) bond motifs is 1. The van der Waals surface area contributed by atoms with Crippen LogP contribution in [0.1, 0.15) is 23.2 Å². The van der Waals surface area contributed by atoms with Crippen LogP contribution in [0.5, 0.6) is 0 Å². The van der Waals surface area contributed by atoms with E-state index in [-0.39, 0.29) is 0 Å². The number of thiophene rings is 1. The third kappa shape index (κ3) is 3.93. The fourth-order valence-corrected chi connectivity index (χ4v) is 4.20. The van der Waals surface area contributed by atoms with Gasteiger partial charge in [0.05, 0.1) is 21.1 Å². The van der Waals surface area contributed by atoms with Gasteiger partial charge in [-0.05, 0) is 30.2 Å². The number of aromatic nitrogens is 2. The standard InChI is InChI=1S/C21H17Cl2N3S/c1-2-14-12-15-20(24-17-10-6-9-16(22)19(17)23)25-18(26-21(15)27-14)11-13-7-4-3-5-8-13/h3-10,12H,2,11H2,1H3,(H,24,25,26). The summed E-state index contributed by atoms with van der Waals surface area (Å²) in [6, 6.07) is 17.9. The molecule has 0 unspecified atom stereocenters. The van der Waals surface area contributed by atoms with Crippen molar-refractivity contribution in [3.63, 3.8) is 0 Å². The van der Waals surface area contributed by atoms with Crippen LogP contribution in [0.4, 0.5) is 11.5 Å². The number of rotatable bonds is 5. The summed E-state index contributed by atoms with van der Waals surface area (Å²) in [6.45, 7) is 2.14. The highest BCUT2D eigenvalue weighted by molar-refractivity contribution is 7.18.